The van der Waals surface area contributed by atoms with E-state index in [-0.39, 0.29) is 10.6 Å². The summed E-state index contributed by atoms with van der Waals surface area (Å²) in [7, 11) is 0. The van der Waals surface area contributed by atoms with Gasteiger partial charge in [-0.05, 0) is 54.4 Å². The highest BCUT2D eigenvalue weighted by molar-refractivity contribution is 6.33. The molecule has 0 spiro atoms. The normalized spacial score (nSPS) is 10.6. The van der Waals surface area contributed by atoms with Crippen LogP contribution in [0.25, 0.3) is 0 Å². The van der Waals surface area contributed by atoms with Crippen molar-refractivity contribution in [3.63, 3.8) is 0 Å². The second-order valence-electron chi connectivity index (χ2n) is 6.59. The van der Waals surface area contributed by atoms with Crippen LogP contribution in [0.5, 0.6) is 11.5 Å². The lowest BCUT2D eigenvalue weighted by atomic mass is 10.1. The minimum atomic E-state index is -1.07. The molecule has 2 N–H and O–H groups in total. The summed E-state index contributed by atoms with van der Waals surface area (Å²) < 4.78 is 11.7. The van der Waals surface area contributed by atoms with E-state index in [1.165, 1.54) is 6.07 Å². The number of rotatable bonds is 9. The molecule has 0 radical (unpaired) electrons. The van der Waals surface area contributed by atoms with E-state index < -0.39 is 5.97 Å². The molecule has 0 aromatic heterocycles. The van der Waals surface area contributed by atoms with Gasteiger partial charge in [0.05, 0.1) is 17.2 Å². The number of carbonyl (C=O) groups is 1. The predicted octanol–water partition coefficient (Wildman–Crippen LogP) is 6.93. The van der Waals surface area contributed by atoms with Gasteiger partial charge in [0.1, 0.15) is 6.61 Å². The lowest BCUT2D eigenvalue weighted by Crippen LogP contribution is -2.05. The van der Waals surface area contributed by atoms with E-state index in [9.17, 15) is 4.79 Å². The number of halogens is 3. The smallest absolute Gasteiger partial charge is 0.337 e. The second kappa shape index (κ2) is 10.6. The first-order valence-electron chi connectivity index (χ1n) is 9.46. The third-order valence-electron chi connectivity index (χ3n) is 4.40. The Bertz CT molecular complexity index is 1070. The van der Waals surface area contributed by atoms with Gasteiger partial charge >= 0.3 is 5.97 Å². The first-order chi connectivity index (χ1) is 14.9. The molecule has 8 heteroatoms. The zero-order valence-corrected chi connectivity index (χ0v) is 18.9. The minimum Gasteiger partial charge on any atom is -0.490 e. The first kappa shape index (κ1) is 23.1. The van der Waals surface area contributed by atoms with Gasteiger partial charge in [0, 0.05) is 28.3 Å². The fraction of sp³-hybridized carbons (Fsp3) is 0.174. The van der Waals surface area contributed by atoms with Crippen molar-refractivity contribution in [1.29, 1.82) is 0 Å². The van der Waals surface area contributed by atoms with Crippen LogP contribution in [-0.2, 0) is 13.2 Å². The molecule has 0 aliphatic rings. The summed E-state index contributed by atoms with van der Waals surface area (Å²) in [6, 6.07) is 15.6. The van der Waals surface area contributed by atoms with Crippen LogP contribution in [0.15, 0.2) is 54.6 Å². The van der Waals surface area contributed by atoms with E-state index in [0.717, 1.165) is 11.1 Å². The van der Waals surface area contributed by atoms with Crippen molar-refractivity contribution in [1.82, 2.24) is 0 Å². The van der Waals surface area contributed by atoms with Crippen molar-refractivity contribution in [2.24, 2.45) is 0 Å². The van der Waals surface area contributed by atoms with Gasteiger partial charge in [0.25, 0.3) is 0 Å². The zero-order chi connectivity index (χ0) is 22.4. The molecular formula is C23H20Cl3NO4. The Hall–Kier alpha value is -2.60. The van der Waals surface area contributed by atoms with Crippen molar-refractivity contribution in [3.05, 3.63) is 86.4 Å². The van der Waals surface area contributed by atoms with Crippen LogP contribution in [0.4, 0.5) is 5.69 Å². The number of aromatic carboxylic acids is 1. The number of carboxylic acid groups (broad SMARTS) is 1. The molecule has 0 aliphatic heterocycles. The van der Waals surface area contributed by atoms with Gasteiger partial charge in [0.2, 0.25) is 0 Å². The van der Waals surface area contributed by atoms with E-state index >= 15 is 0 Å². The van der Waals surface area contributed by atoms with Crippen LogP contribution >= 0.6 is 34.8 Å². The maximum absolute atomic E-state index is 11.1. The Kier molecular flexibility index (Phi) is 7.91. The van der Waals surface area contributed by atoms with Gasteiger partial charge in [-0.3, -0.25) is 0 Å². The topological polar surface area (TPSA) is 67.8 Å². The summed E-state index contributed by atoms with van der Waals surface area (Å²) in [5.41, 5.74) is 2.48. The molecular weight excluding hydrogens is 461 g/mol. The van der Waals surface area contributed by atoms with Crippen molar-refractivity contribution < 1.29 is 19.4 Å². The van der Waals surface area contributed by atoms with Crippen LogP contribution in [-0.4, -0.2) is 17.7 Å². The fourth-order valence-electron chi connectivity index (χ4n) is 2.83. The summed E-state index contributed by atoms with van der Waals surface area (Å²) in [5, 5.41) is 13.6. The summed E-state index contributed by atoms with van der Waals surface area (Å²) in [6.45, 7) is 3.10. The number of carboxylic acids is 1. The van der Waals surface area contributed by atoms with Crippen LogP contribution < -0.4 is 14.8 Å². The monoisotopic (exact) mass is 479 g/mol. The highest BCUT2D eigenvalue weighted by Gasteiger charge is 2.13. The molecule has 3 rings (SSSR count). The average Bonchev–Trinajstić information content (AvgIpc) is 2.73. The Morgan fingerprint density at radius 3 is 2.29 bits per heavy atom. The Morgan fingerprint density at radius 1 is 0.935 bits per heavy atom. The van der Waals surface area contributed by atoms with Crippen molar-refractivity contribution in [2.45, 2.75) is 20.1 Å². The number of anilines is 1. The molecule has 0 heterocycles. The van der Waals surface area contributed by atoms with E-state index in [0.29, 0.717) is 47.0 Å². The quantitative estimate of drug-likeness (QED) is 0.347. The number of hydrogen-bond donors (Lipinski definition) is 2. The van der Waals surface area contributed by atoms with E-state index in [4.69, 9.17) is 49.4 Å². The average molecular weight is 481 g/mol. The highest BCUT2D eigenvalue weighted by atomic mass is 35.5. The molecule has 0 amide bonds. The molecule has 0 atom stereocenters. The predicted molar refractivity (Wildman–Crippen MR) is 124 cm³/mol. The molecule has 0 fully saturated rings. The highest BCUT2D eigenvalue weighted by Crippen LogP contribution is 2.35. The molecule has 0 unspecified atom stereocenters. The molecule has 3 aromatic rings. The summed E-state index contributed by atoms with van der Waals surface area (Å²) in [5.74, 6) is 0.0477. The van der Waals surface area contributed by atoms with Crippen molar-refractivity contribution in [3.8, 4) is 11.5 Å². The van der Waals surface area contributed by atoms with Crippen molar-refractivity contribution >= 4 is 46.5 Å². The lowest BCUT2D eigenvalue weighted by Gasteiger charge is -2.16. The summed E-state index contributed by atoms with van der Waals surface area (Å²) in [6.07, 6.45) is 0. The van der Waals surface area contributed by atoms with Crippen molar-refractivity contribution in [2.75, 3.05) is 11.9 Å². The molecule has 5 nitrogen and oxygen atoms in total. The Labute approximate surface area is 195 Å². The molecule has 0 aliphatic carbocycles. The second-order valence-corrected chi connectivity index (χ2v) is 7.84. The standard InChI is InChI=1S/C23H20Cl3NO4/c1-2-30-21-9-15(12-27-17-7-8-18(23(28)29)20(26)10-17)19(25)11-22(21)31-13-14-3-5-16(24)6-4-14/h3-11,27H,2,12-13H2,1H3,(H,28,29). The van der Waals surface area contributed by atoms with Gasteiger partial charge < -0.3 is 19.9 Å². The molecule has 0 bridgehead atoms. The summed E-state index contributed by atoms with van der Waals surface area (Å²) >= 11 is 18.4. The molecule has 0 saturated heterocycles. The number of benzene rings is 3. The van der Waals surface area contributed by atoms with Gasteiger partial charge in [0.15, 0.2) is 11.5 Å². The van der Waals surface area contributed by atoms with Gasteiger partial charge in [-0.1, -0.05) is 46.9 Å². The van der Waals surface area contributed by atoms with Gasteiger partial charge in [-0.2, -0.15) is 0 Å². The SMILES string of the molecule is CCOc1cc(CNc2ccc(C(=O)O)c(Cl)c2)c(Cl)cc1OCc1ccc(Cl)cc1. The molecule has 0 saturated carbocycles. The number of nitrogens with one attached hydrogen (secondary N) is 1. The van der Waals surface area contributed by atoms with Crippen LogP contribution in [0.1, 0.15) is 28.4 Å². The largest absolute Gasteiger partial charge is 0.490 e. The summed E-state index contributed by atoms with van der Waals surface area (Å²) in [4.78, 5) is 11.1. The number of ether oxygens (including phenoxy) is 2. The van der Waals surface area contributed by atoms with Gasteiger partial charge in [-0.25, -0.2) is 4.79 Å². The van der Waals surface area contributed by atoms with Gasteiger partial charge in [-0.15, -0.1) is 0 Å². The Morgan fingerprint density at radius 2 is 1.65 bits per heavy atom. The molecule has 162 valence electrons. The van der Waals surface area contributed by atoms with E-state index in [1.807, 2.05) is 25.1 Å². The first-order valence-corrected chi connectivity index (χ1v) is 10.6. The maximum Gasteiger partial charge on any atom is 0.337 e. The van der Waals surface area contributed by atoms with E-state index in [2.05, 4.69) is 5.32 Å². The Balaban J connectivity index is 1.74. The van der Waals surface area contributed by atoms with Crippen LogP contribution in [0.3, 0.4) is 0 Å². The van der Waals surface area contributed by atoms with E-state index in [1.54, 1.807) is 30.3 Å². The lowest BCUT2D eigenvalue weighted by molar-refractivity contribution is 0.0697. The fourth-order valence-corrected chi connectivity index (χ4v) is 3.44. The van der Waals surface area contributed by atoms with Crippen LogP contribution in [0, 0.1) is 0 Å². The molecule has 31 heavy (non-hydrogen) atoms. The minimum absolute atomic E-state index is 0.0473. The zero-order valence-electron chi connectivity index (χ0n) is 16.6. The third kappa shape index (κ3) is 6.20. The third-order valence-corrected chi connectivity index (χ3v) is 5.32. The number of hydrogen-bond acceptors (Lipinski definition) is 4. The van der Waals surface area contributed by atoms with Crippen LogP contribution in [0.2, 0.25) is 15.1 Å². The maximum atomic E-state index is 11.1. The molecule has 3 aromatic carbocycles.